The normalized spacial score (nSPS) is 10.0. The van der Waals surface area contributed by atoms with Crippen molar-refractivity contribution in [2.75, 3.05) is 0 Å². The summed E-state index contributed by atoms with van der Waals surface area (Å²) < 4.78 is 12.9. The third-order valence-electron chi connectivity index (χ3n) is 2.03. The fourth-order valence-corrected chi connectivity index (χ4v) is 1.44. The van der Waals surface area contributed by atoms with Crippen LogP contribution in [0.15, 0.2) is 29.4 Å². The van der Waals surface area contributed by atoms with E-state index >= 15 is 0 Å². The average Bonchev–Trinajstić information content (AvgIpc) is 2.17. The fraction of sp³-hybridized carbons (Fsp3) is 0.100. The molecule has 15 heavy (non-hydrogen) atoms. The maximum absolute atomic E-state index is 12.9. The monoisotopic (exact) mass is 202 g/mol. The third kappa shape index (κ3) is 1.73. The molecule has 1 aromatic carbocycles. The van der Waals surface area contributed by atoms with Gasteiger partial charge in [-0.2, -0.15) is 0 Å². The first-order valence-electron chi connectivity index (χ1n) is 4.33. The smallest absolute Gasteiger partial charge is 0.125 e. The lowest BCUT2D eigenvalue weighted by Gasteiger charge is -2.02. The van der Waals surface area contributed by atoms with Crippen LogP contribution in [0, 0.1) is 12.7 Å². The summed E-state index contributed by atoms with van der Waals surface area (Å²) in [7, 11) is 0. The molecule has 0 atom stereocenters. The highest BCUT2D eigenvalue weighted by molar-refractivity contribution is 5.89. The van der Waals surface area contributed by atoms with Crippen LogP contribution in [0.2, 0.25) is 0 Å². The van der Waals surface area contributed by atoms with Crippen molar-refractivity contribution in [3.8, 4) is 0 Å². The molecule has 0 unspecified atom stereocenters. The predicted molar refractivity (Wildman–Crippen MR) is 55.2 cm³/mol. The van der Waals surface area contributed by atoms with Crippen molar-refractivity contribution in [3.63, 3.8) is 0 Å². The number of halogens is 1. The number of nitrogens with zero attached hydrogens (tertiary/aromatic N) is 4. The van der Waals surface area contributed by atoms with Crippen LogP contribution in [-0.4, -0.2) is 4.98 Å². The molecule has 0 aliphatic carbocycles. The van der Waals surface area contributed by atoms with Gasteiger partial charge in [-0.15, -0.1) is 0 Å². The molecule has 0 aliphatic rings. The summed E-state index contributed by atoms with van der Waals surface area (Å²) in [5, 5.41) is 4.20. The number of pyridine rings is 1. The molecule has 0 aliphatic heterocycles. The van der Waals surface area contributed by atoms with Crippen molar-refractivity contribution in [3.05, 3.63) is 46.2 Å². The Hall–Kier alpha value is -2.13. The second-order valence-corrected chi connectivity index (χ2v) is 3.13. The van der Waals surface area contributed by atoms with Crippen LogP contribution in [0.4, 0.5) is 10.1 Å². The van der Waals surface area contributed by atoms with Crippen LogP contribution in [0.25, 0.3) is 21.3 Å². The molecule has 1 heterocycles. The van der Waals surface area contributed by atoms with E-state index in [0.717, 1.165) is 0 Å². The number of benzene rings is 1. The van der Waals surface area contributed by atoms with E-state index in [4.69, 9.17) is 5.53 Å². The summed E-state index contributed by atoms with van der Waals surface area (Å²) in [6.45, 7) is 1.76. The summed E-state index contributed by atoms with van der Waals surface area (Å²) >= 11 is 0. The van der Waals surface area contributed by atoms with Crippen molar-refractivity contribution in [2.24, 2.45) is 5.11 Å². The zero-order valence-electron chi connectivity index (χ0n) is 7.98. The Morgan fingerprint density at radius 2 is 2.20 bits per heavy atom. The second kappa shape index (κ2) is 3.55. The SMILES string of the molecule is Cc1cc(N=[N+]=[N-])c2ccc(F)cc2n1. The number of aromatic nitrogens is 1. The van der Waals surface area contributed by atoms with E-state index in [2.05, 4.69) is 15.0 Å². The van der Waals surface area contributed by atoms with Gasteiger partial charge in [0, 0.05) is 27.7 Å². The van der Waals surface area contributed by atoms with Gasteiger partial charge < -0.3 is 0 Å². The second-order valence-electron chi connectivity index (χ2n) is 3.13. The number of rotatable bonds is 1. The van der Waals surface area contributed by atoms with Crippen LogP contribution >= 0.6 is 0 Å². The molecule has 0 N–H and O–H groups in total. The maximum Gasteiger partial charge on any atom is 0.125 e. The number of hydrogen-bond donors (Lipinski definition) is 0. The molecule has 0 saturated carbocycles. The van der Waals surface area contributed by atoms with Crippen LogP contribution in [0.1, 0.15) is 5.69 Å². The summed E-state index contributed by atoms with van der Waals surface area (Å²) in [6.07, 6.45) is 0. The van der Waals surface area contributed by atoms with Gasteiger partial charge in [0.1, 0.15) is 5.82 Å². The third-order valence-corrected chi connectivity index (χ3v) is 2.03. The van der Waals surface area contributed by atoms with Gasteiger partial charge in [0.05, 0.1) is 5.52 Å². The van der Waals surface area contributed by atoms with Crippen molar-refractivity contribution >= 4 is 16.6 Å². The van der Waals surface area contributed by atoms with Gasteiger partial charge >= 0.3 is 0 Å². The van der Waals surface area contributed by atoms with Crippen molar-refractivity contribution < 1.29 is 4.39 Å². The molecule has 0 bridgehead atoms. The minimum absolute atomic E-state index is 0.354. The van der Waals surface area contributed by atoms with Crippen LogP contribution < -0.4 is 0 Å². The van der Waals surface area contributed by atoms with Crippen molar-refractivity contribution in [1.82, 2.24) is 4.98 Å². The standard InChI is InChI=1S/C10H7FN4/c1-6-4-10(14-15-12)8-3-2-7(11)5-9(8)13-6/h2-5H,1H3. The molecular formula is C10H7FN4. The van der Waals surface area contributed by atoms with Gasteiger partial charge in [0.25, 0.3) is 0 Å². The zero-order chi connectivity index (χ0) is 10.8. The minimum Gasteiger partial charge on any atom is -0.253 e. The first kappa shape index (κ1) is 9.43. The molecule has 74 valence electrons. The molecule has 0 spiro atoms. The summed E-state index contributed by atoms with van der Waals surface area (Å²) in [5.74, 6) is -0.354. The van der Waals surface area contributed by atoms with Crippen LogP contribution in [-0.2, 0) is 0 Å². The van der Waals surface area contributed by atoms with Crippen LogP contribution in [0.5, 0.6) is 0 Å². The first-order chi connectivity index (χ1) is 7.20. The molecule has 4 nitrogen and oxygen atoms in total. The highest BCUT2D eigenvalue weighted by atomic mass is 19.1. The number of fused-ring (bicyclic) bond motifs is 1. The van der Waals surface area contributed by atoms with E-state index in [1.165, 1.54) is 12.1 Å². The van der Waals surface area contributed by atoms with Gasteiger partial charge in [-0.05, 0) is 30.7 Å². The molecule has 5 heteroatoms. The van der Waals surface area contributed by atoms with Crippen molar-refractivity contribution in [1.29, 1.82) is 0 Å². The van der Waals surface area contributed by atoms with Gasteiger partial charge in [-0.3, -0.25) is 4.98 Å². The number of azide groups is 1. The van der Waals surface area contributed by atoms with Crippen molar-refractivity contribution in [2.45, 2.75) is 6.92 Å². The average molecular weight is 202 g/mol. The van der Waals surface area contributed by atoms with Gasteiger partial charge in [-0.1, -0.05) is 5.11 Å². The Balaban J connectivity index is 2.85. The van der Waals surface area contributed by atoms with Crippen LogP contribution in [0.3, 0.4) is 0 Å². The van der Waals surface area contributed by atoms with E-state index in [9.17, 15) is 4.39 Å². The highest BCUT2D eigenvalue weighted by Crippen LogP contribution is 2.26. The Labute approximate surface area is 85.0 Å². The highest BCUT2D eigenvalue weighted by Gasteiger charge is 2.03. The van der Waals surface area contributed by atoms with E-state index in [1.54, 1.807) is 19.1 Å². The van der Waals surface area contributed by atoms with E-state index in [0.29, 0.717) is 22.3 Å². The lowest BCUT2D eigenvalue weighted by molar-refractivity contribution is 0.629. The zero-order valence-corrected chi connectivity index (χ0v) is 7.98. The lowest BCUT2D eigenvalue weighted by atomic mass is 10.1. The summed E-state index contributed by atoms with van der Waals surface area (Å²) in [6, 6.07) is 5.86. The van der Waals surface area contributed by atoms with E-state index < -0.39 is 0 Å². The first-order valence-corrected chi connectivity index (χ1v) is 4.33. The Morgan fingerprint density at radius 1 is 1.40 bits per heavy atom. The quantitative estimate of drug-likeness (QED) is 0.395. The molecular weight excluding hydrogens is 195 g/mol. The maximum atomic E-state index is 12.9. The lowest BCUT2D eigenvalue weighted by Crippen LogP contribution is -1.85. The van der Waals surface area contributed by atoms with Gasteiger partial charge in [0.2, 0.25) is 0 Å². The molecule has 2 rings (SSSR count). The summed E-state index contributed by atoms with van der Waals surface area (Å²) in [5.41, 5.74) is 10.0. The Bertz CT molecular complexity index is 568. The van der Waals surface area contributed by atoms with E-state index in [1.807, 2.05) is 0 Å². The molecule has 0 saturated heterocycles. The van der Waals surface area contributed by atoms with E-state index in [-0.39, 0.29) is 5.82 Å². The topological polar surface area (TPSA) is 61.7 Å². The minimum atomic E-state index is -0.354. The largest absolute Gasteiger partial charge is 0.253 e. The number of hydrogen-bond acceptors (Lipinski definition) is 2. The van der Waals surface area contributed by atoms with Gasteiger partial charge in [0.15, 0.2) is 0 Å². The Morgan fingerprint density at radius 3 is 2.93 bits per heavy atom. The summed E-state index contributed by atoms with van der Waals surface area (Å²) in [4.78, 5) is 6.88. The molecule has 0 amide bonds. The molecule has 0 fully saturated rings. The molecule has 0 radical (unpaired) electrons. The molecule has 1 aromatic heterocycles. The fourth-order valence-electron chi connectivity index (χ4n) is 1.44. The predicted octanol–water partition coefficient (Wildman–Crippen LogP) is 3.62. The van der Waals surface area contributed by atoms with Gasteiger partial charge in [-0.25, -0.2) is 4.39 Å². The molecule has 2 aromatic rings. The number of aryl methyl sites for hydroxylation is 1. The Kier molecular flexibility index (Phi) is 2.23.